The molecule has 1 aliphatic rings. The van der Waals surface area contributed by atoms with Gasteiger partial charge in [-0.25, -0.2) is 0 Å². The average molecular weight is 368 g/mol. The number of rotatable bonds is 5. The van der Waals surface area contributed by atoms with Gasteiger partial charge >= 0.3 is 0 Å². The molecule has 0 saturated heterocycles. The molecule has 3 nitrogen and oxygen atoms in total. The van der Waals surface area contributed by atoms with Crippen LogP contribution in [0.25, 0.3) is 11.1 Å². The fraction of sp³-hybridized carbons (Fsp3) is 0.500. The van der Waals surface area contributed by atoms with E-state index in [4.69, 9.17) is 0 Å². The third kappa shape index (κ3) is 4.43. The van der Waals surface area contributed by atoms with E-state index in [1.54, 1.807) is 0 Å². The normalized spacial score (nSPS) is 25.3. The van der Waals surface area contributed by atoms with Gasteiger partial charge in [-0.15, -0.1) is 0 Å². The topological polar surface area (TPSA) is 52.5 Å². The number of hydrogen-bond acceptors (Lipinski definition) is 3. The van der Waals surface area contributed by atoms with Crippen molar-refractivity contribution in [2.24, 2.45) is 5.92 Å². The quantitative estimate of drug-likeness (QED) is 0.730. The van der Waals surface area contributed by atoms with Crippen molar-refractivity contribution in [1.82, 2.24) is 5.32 Å². The van der Waals surface area contributed by atoms with Gasteiger partial charge in [0.05, 0.1) is 11.7 Å². The van der Waals surface area contributed by atoms with E-state index in [9.17, 15) is 10.2 Å². The molecule has 3 heteroatoms. The monoisotopic (exact) mass is 367 g/mol. The third-order valence-electron chi connectivity index (χ3n) is 5.85. The van der Waals surface area contributed by atoms with Crippen LogP contribution < -0.4 is 5.32 Å². The molecule has 27 heavy (non-hydrogen) atoms. The Morgan fingerprint density at radius 1 is 0.926 bits per heavy atom. The summed E-state index contributed by atoms with van der Waals surface area (Å²) < 4.78 is 0. The zero-order valence-electron chi connectivity index (χ0n) is 16.9. The van der Waals surface area contributed by atoms with Gasteiger partial charge in [-0.2, -0.15) is 0 Å². The molecule has 0 spiro atoms. The molecule has 0 heterocycles. The molecule has 3 N–H and O–H groups in total. The van der Waals surface area contributed by atoms with Gasteiger partial charge in [-0.05, 0) is 62.6 Å². The summed E-state index contributed by atoms with van der Waals surface area (Å²) in [5.74, 6) is 0.0416. The maximum absolute atomic E-state index is 11.5. The van der Waals surface area contributed by atoms with Crippen LogP contribution in [0.2, 0.25) is 0 Å². The van der Waals surface area contributed by atoms with Crippen LogP contribution in [0, 0.1) is 5.92 Å². The summed E-state index contributed by atoms with van der Waals surface area (Å²) in [5.41, 5.74) is 2.30. The molecule has 1 unspecified atom stereocenters. The Labute approximate surface area is 163 Å². The predicted octanol–water partition coefficient (Wildman–Crippen LogP) is 4.48. The Bertz CT molecular complexity index is 735. The van der Waals surface area contributed by atoms with E-state index in [0.717, 1.165) is 17.5 Å². The van der Waals surface area contributed by atoms with Crippen molar-refractivity contribution in [1.29, 1.82) is 0 Å². The lowest BCUT2D eigenvalue weighted by Crippen LogP contribution is -2.47. The minimum Gasteiger partial charge on any atom is -0.391 e. The lowest BCUT2D eigenvalue weighted by Gasteiger charge is -2.34. The first-order valence-corrected chi connectivity index (χ1v) is 10.1. The van der Waals surface area contributed by atoms with Crippen LogP contribution in [0.15, 0.2) is 54.6 Å². The molecular weight excluding hydrogens is 334 g/mol. The minimum absolute atomic E-state index is 0.0247. The largest absolute Gasteiger partial charge is 0.391 e. The highest BCUT2D eigenvalue weighted by molar-refractivity contribution is 5.63. The van der Waals surface area contributed by atoms with Gasteiger partial charge in [0.15, 0.2) is 0 Å². The van der Waals surface area contributed by atoms with E-state index in [-0.39, 0.29) is 17.5 Å². The van der Waals surface area contributed by atoms with Crippen molar-refractivity contribution in [3.05, 3.63) is 60.2 Å². The summed E-state index contributed by atoms with van der Waals surface area (Å²) in [5, 5.41) is 25.6. The SMILES string of the molecule is CC[C@](O)(c1ccc(-c2ccccc2)cc1)C1C[C@H](NC(C)(C)C)[C@@H](O)C1. The average Bonchev–Trinajstić information content (AvgIpc) is 3.01. The van der Waals surface area contributed by atoms with E-state index >= 15 is 0 Å². The van der Waals surface area contributed by atoms with E-state index in [2.05, 4.69) is 50.4 Å². The molecule has 3 rings (SSSR count). The molecule has 0 aromatic heterocycles. The fourth-order valence-electron chi connectivity index (χ4n) is 4.43. The fourth-order valence-corrected chi connectivity index (χ4v) is 4.43. The number of benzene rings is 2. The Balaban J connectivity index is 1.81. The minimum atomic E-state index is -0.912. The smallest absolute Gasteiger partial charge is 0.0923 e. The second kappa shape index (κ2) is 7.75. The number of hydrogen-bond donors (Lipinski definition) is 3. The highest BCUT2D eigenvalue weighted by Gasteiger charge is 2.45. The molecule has 146 valence electrons. The van der Waals surface area contributed by atoms with Crippen LogP contribution >= 0.6 is 0 Å². The molecular formula is C24H33NO2. The number of aliphatic hydroxyl groups excluding tert-OH is 1. The van der Waals surface area contributed by atoms with Gasteiger partial charge in [0.1, 0.15) is 0 Å². The summed E-state index contributed by atoms with van der Waals surface area (Å²) in [6, 6.07) is 18.6. The molecule has 4 atom stereocenters. The summed E-state index contributed by atoms with van der Waals surface area (Å²) in [6.45, 7) is 8.37. The summed E-state index contributed by atoms with van der Waals surface area (Å²) in [7, 11) is 0. The number of aliphatic hydroxyl groups is 2. The molecule has 0 amide bonds. The van der Waals surface area contributed by atoms with Crippen LogP contribution in [0.3, 0.4) is 0 Å². The Kier molecular flexibility index (Phi) is 5.76. The zero-order valence-corrected chi connectivity index (χ0v) is 16.9. The third-order valence-corrected chi connectivity index (χ3v) is 5.85. The maximum Gasteiger partial charge on any atom is 0.0923 e. The van der Waals surface area contributed by atoms with Crippen molar-refractivity contribution in [2.75, 3.05) is 0 Å². The maximum atomic E-state index is 11.5. The van der Waals surface area contributed by atoms with Gasteiger partial charge in [-0.3, -0.25) is 0 Å². The van der Waals surface area contributed by atoms with Gasteiger partial charge in [0.2, 0.25) is 0 Å². The molecule has 2 aromatic carbocycles. The predicted molar refractivity (Wildman–Crippen MR) is 111 cm³/mol. The van der Waals surface area contributed by atoms with Crippen molar-refractivity contribution >= 4 is 0 Å². The lowest BCUT2D eigenvalue weighted by molar-refractivity contribution is -0.0301. The highest BCUT2D eigenvalue weighted by Crippen LogP contribution is 2.43. The van der Waals surface area contributed by atoms with E-state index < -0.39 is 11.7 Å². The Morgan fingerprint density at radius 3 is 2.07 bits per heavy atom. The summed E-state index contributed by atoms with van der Waals surface area (Å²) >= 11 is 0. The summed E-state index contributed by atoms with van der Waals surface area (Å²) in [4.78, 5) is 0. The van der Waals surface area contributed by atoms with Crippen LogP contribution in [-0.2, 0) is 5.60 Å². The highest BCUT2D eigenvalue weighted by atomic mass is 16.3. The van der Waals surface area contributed by atoms with Crippen molar-refractivity contribution in [2.45, 2.75) is 70.2 Å². The van der Waals surface area contributed by atoms with Crippen molar-refractivity contribution in [3.63, 3.8) is 0 Å². The van der Waals surface area contributed by atoms with Gasteiger partial charge in [0.25, 0.3) is 0 Å². The van der Waals surface area contributed by atoms with Crippen molar-refractivity contribution in [3.8, 4) is 11.1 Å². The molecule has 0 bridgehead atoms. The molecule has 1 aliphatic carbocycles. The zero-order chi connectivity index (χ0) is 19.7. The van der Waals surface area contributed by atoms with Crippen LogP contribution in [0.4, 0.5) is 0 Å². The first-order chi connectivity index (χ1) is 12.7. The molecule has 1 saturated carbocycles. The first kappa shape index (κ1) is 20.1. The Morgan fingerprint density at radius 2 is 1.52 bits per heavy atom. The molecule has 2 aromatic rings. The van der Waals surface area contributed by atoms with E-state index in [1.807, 2.05) is 37.3 Å². The van der Waals surface area contributed by atoms with E-state index in [1.165, 1.54) is 5.56 Å². The lowest BCUT2D eigenvalue weighted by atomic mass is 9.77. The molecule has 1 fully saturated rings. The van der Waals surface area contributed by atoms with Gasteiger partial charge in [0, 0.05) is 11.6 Å². The molecule has 0 aliphatic heterocycles. The van der Waals surface area contributed by atoms with Crippen LogP contribution in [0.5, 0.6) is 0 Å². The molecule has 0 radical (unpaired) electrons. The Hall–Kier alpha value is -1.68. The van der Waals surface area contributed by atoms with Gasteiger partial charge in [-0.1, -0.05) is 61.5 Å². The second-order valence-electron chi connectivity index (χ2n) is 8.96. The van der Waals surface area contributed by atoms with Gasteiger partial charge < -0.3 is 15.5 Å². The van der Waals surface area contributed by atoms with Crippen LogP contribution in [0.1, 0.15) is 52.5 Å². The number of nitrogens with one attached hydrogen (secondary N) is 1. The first-order valence-electron chi connectivity index (χ1n) is 10.1. The summed E-state index contributed by atoms with van der Waals surface area (Å²) in [6.07, 6.45) is 1.62. The van der Waals surface area contributed by atoms with E-state index in [0.29, 0.717) is 12.8 Å². The van der Waals surface area contributed by atoms with Crippen LogP contribution in [-0.4, -0.2) is 27.9 Å². The standard InChI is InChI=1S/C24H33NO2/c1-5-24(27,20-15-21(22(26)16-20)25-23(2,3)4)19-13-11-18(12-14-19)17-9-7-6-8-10-17/h6-14,20-22,25-27H,5,15-16H2,1-4H3/t20?,21-,22-,24-/m0/s1. The second-order valence-corrected chi connectivity index (χ2v) is 8.96. The van der Waals surface area contributed by atoms with Crippen molar-refractivity contribution < 1.29 is 10.2 Å².